The van der Waals surface area contributed by atoms with Crippen LogP contribution < -0.4 is 16.5 Å². The van der Waals surface area contributed by atoms with Crippen LogP contribution in [0.5, 0.6) is 0 Å². The van der Waals surface area contributed by atoms with E-state index in [2.05, 4.69) is 10.3 Å². The van der Waals surface area contributed by atoms with Gasteiger partial charge in [-0.05, 0) is 18.2 Å². The van der Waals surface area contributed by atoms with E-state index in [1.54, 1.807) is 0 Å². The average Bonchev–Trinajstić information content (AvgIpc) is 2.41. The summed E-state index contributed by atoms with van der Waals surface area (Å²) in [4.78, 5) is 25.9. The van der Waals surface area contributed by atoms with E-state index in [-0.39, 0.29) is 16.1 Å². The molecule has 0 unspecified atom stereocenters. The van der Waals surface area contributed by atoms with Crippen LogP contribution in [0.15, 0.2) is 41.5 Å². The lowest BCUT2D eigenvalue weighted by molar-refractivity contribution is 0.102. The first kappa shape index (κ1) is 13.9. The van der Waals surface area contributed by atoms with Crippen molar-refractivity contribution >= 4 is 28.8 Å². The number of anilines is 1. The zero-order chi connectivity index (χ0) is 14.7. The molecule has 2 rings (SSSR count). The van der Waals surface area contributed by atoms with Gasteiger partial charge in [0.2, 0.25) is 0 Å². The van der Waals surface area contributed by atoms with Crippen LogP contribution >= 0.6 is 12.2 Å². The van der Waals surface area contributed by atoms with E-state index in [1.807, 2.05) is 0 Å². The summed E-state index contributed by atoms with van der Waals surface area (Å²) in [5.74, 6) is -1.18. The number of aromatic nitrogens is 1. The molecule has 0 aliphatic heterocycles. The van der Waals surface area contributed by atoms with E-state index in [0.717, 1.165) is 6.07 Å². The van der Waals surface area contributed by atoms with Gasteiger partial charge in [0.05, 0.1) is 0 Å². The summed E-state index contributed by atoms with van der Waals surface area (Å²) in [5.41, 5.74) is 5.23. The average molecular weight is 291 g/mol. The van der Waals surface area contributed by atoms with Crippen LogP contribution in [-0.2, 0) is 0 Å². The number of nitrogens with one attached hydrogen (secondary N) is 2. The van der Waals surface area contributed by atoms with Crippen LogP contribution in [0.3, 0.4) is 0 Å². The Balaban J connectivity index is 2.29. The molecule has 5 nitrogen and oxygen atoms in total. The molecule has 1 heterocycles. The van der Waals surface area contributed by atoms with E-state index in [4.69, 9.17) is 18.0 Å². The maximum atomic E-state index is 13.4. The van der Waals surface area contributed by atoms with E-state index in [1.165, 1.54) is 30.6 Å². The maximum absolute atomic E-state index is 13.4. The number of carbonyl (C=O) groups excluding carboxylic acids is 1. The SMILES string of the molecule is NC(=S)c1cc(NC(=O)c2c[nH]ccc2=O)ccc1F. The summed E-state index contributed by atoms with van der Waals surface area (Å²) >= 11 is 4.71. The van der Waals surface area contributed by atoms with Crippen molar-refractivity contribution in [2.75, 3.05) is 5.32 Å². The summed E-state index contributed by atoms with van der Waals surface area (Å²) in [6, 6.07) is 5.04. The van der Waals surface area contributed by atoms with Gasteiger partial charge >= 0.3 is 0 Å². The Labute approximate surface area is 118 Å². The van der Waals surface area contributed by atoms with Gasteiger partial charge in [-0.25, -0.2) is 4.39 Å². The van der Waals surface area contributed by atoms with Crippen molar-refractivity contribution in [3.8, 4) is 0 Å². The number of nitrogens with two attached hydrogens (primary N) is 1. The molecule has 1 amide bonds. The molecule has 0 aliphatic carbocycles. The fraction of sp³-hybridized carbons (Fsp3) is 0. The number of H-pyrrole nitrogens is 1. The third-order valence-electron chi connectivity index (χ3n) is 2.56. The minimum absolute atomic E-state index is 0.0276. The third-order valence-corrected chi connectivity index (χ3v) is 2.78. The van der Waals surface area contributed by atoms with Gasteiger partial charge in [-0.1, -0.05) is 12.2 Å². The molecule has 20 heavy (non-hydrogen) atoms. The zero-order valence-corrected chi connectivity index (χ0v) is 11.0. The fourth-order valence-electron chi connectivity index (χ4n) is 1.58. The number of pyridine rings is 1. The predicted octanol–water partition coefficient (Wildman–Crippen LogP) is 1.40. The number of amides is 1. The molecule has 2 aromatic rings. The first-order chi connectivity index (χ1) is 9.49. The van der Waals surface area contributed by atoms with Crippen molar-refractivity contribution in [2.24, 2.45) is 5.73 Å². The number of aromatic amines is 1. The van der Waals surface area contributed by atoms with Crippen molar-refractivity contribution < 1.29 is 9.18 Å². The van der Waals surface area contributed by atoms with Crippen LogP contribution in [0, 0.1) is 5.82 Å². The highest BCUT2D eigenvalue weighted by Crippen LogP contribution is 2.15. The molecule has 0 spiro atoms. The lowest BCUT2D eigenvalue weighted by Gasteiger charge is -2.07. The van der Waals surface area contributed by atoms with E-state index in [9.17, 15) is 14.0 Å². The number of hydrogen-bond acceptors (Lipinski definition) is 3. The van der Waals surface area contributed by atoms with Gasteiger partial charge in [-0.3, -0.25) is 9.59 Å². The molecule has 4 N–H and O–H groups in total. The van der Waals surface area contributed by atoms with Crippen LogP contribution in [0.25, 0.3) is 0 Å². The van der Waals surface area contributed by atoms with Crippen LogP contribution in [0.2, 0.25) is 0 Å². The molecule has 7 heteroatoms. The zero-order valence-electron chi connectivity index (χ0n) is 10.1. The van der Waals surface area contributed by atoms with Crippen molar-refractivity contribution in [3.63, 3.8) is 0 Å². The lowest BCUT2D eigenvalue weighted by atomic mass is 10.1. The second kappa shape index (κ2) is 5.62. The van der Waals surface area contributed by atoms with Crippen LogP contribution in [0.4, 0.5) is 10.1 Å². The summed E-state index contributed by atoms with van der Waals surface area (Å²) in [6.07, 6.45) is 2.71. The second-order valence-corrected chi connectivity index (χ2v) is 4.38. The normalized spacial score (nSPS) is 10.1. The van der Waals surface area contributed by atoms with Gasteiger partial charge < -0.3 is 16.0 Å². The quantitative estimate of drug-likeness (QED) is 0.746. The number of rotatable bonds is 3. The third kappa shape index (κ3) is 2.89. The van der Waals surface area contributed by atoms with Gasteiger partial charge in [0.25, 0.3) is 5.91 Å². The Kier molecular flexibility index (Phi) is 3.90. The largest absolute Gasteiger partial charge is 0.389 e. The monoisotopic (exact) mass is 291 g/mol. The molecule has 1 aromatic heterocycles. The molecule has 0 saturated heterocycles. The first-order valence-electron chi connectivity index (χ1n) is 5.57. The van der Waals surface area contributed by atoms with Gasteiger partial charge in [0, 0.05) is 29.7 Å². The minimum atomic E-state index is -0.604. The Bertz CT molecular complexity index is 742. The molecule has 0 aliphatic rings. The Morgan fingerprint density at radius 2 is 2.05 bits per heavy atom. The molecule has 0 bridgehead atoms. The summed E-state index contributed by atoms with van der Waals surface area (Å²) in [5, 5.41) is 2.48. The number of thiocarbonyl (C=S) groups is 1. The topological polar surface area (TPSA) is 88.0 Å². The molecule has 0 radical (unpaired) electrons. The Morgan fingerprint density at radius 1 is 1.30 bits per heavy atom. The van der Waals surface area contributed by atoms with Crippen molar-refractivity contribution in [2.45, 2.75) is 0 Å². The lowest BCUT2D eigenvalue weighted by Crippen LogP contribution is -2.21. The highest BCUT2D eigenvalue weighted by molar-refractivity contribution is 7.80. The summed E-state index contributed by atoms with van der Waals surface area (Å²) < 4.78 is 13.4. The highest BCUT2D eigenvalue weighted by Gasteiger charge is 2.12. The van der Waals surface area contributed by atoms with Gasteiger partial charge in [0.1, 0.15) is 16.4 Å². The van der Waals surface area contributed by atoms with Gasteiger partial charge in [-0.2, -0.15) is 0 Å². The van der Waals surface area contributed by atoms with Crippen LogP contribution in [-0.4, -0.2) is 15.9 Å². The van der Waals surface area contributed by atoms with Crippen molar-refractivity contribution in [1.29, 1.82) is 0 Å². The number of benzene rings is 1. The molecular formula is C13H10FN3O2S. The maximum Gasteiger partial charge on any atom is 0.261 e. The first-order valence-corrected chi connectivity index (χ1v) is 5.97. The molecular weight excluding hydrogens is 281 g/mol. The van der Waals surface area contributed by atoms with Gasteiger partial charge in [-0.15, -0.1) is 0 Å². The number of carbonyl (C=O) groups is 1. The Morgan fingerprint density at radius 3 is 2.70 bits per heavy atom. The summed E-state index contributed by atoms with van der Waals surface area (Å²) in [7, 11) is 0. The smallest absolute Gasteiger partial charge is 0.261 e. The molecule has 0 fully saturated rings. The van der Waals surface area contributed by atoms with Gasteiger partial charge in [0.15, 0.2) is 5.43 Å². The van der Waals surface area contributed by atoms with E-state index >= 15 is 0 Å². The highest BCUT2D eigenvalue weighted by atomic mass is 32.1. The second-order valence-electron chi connectivity index (χ2n) is 3.94. The molecule has 1 aromatic carbocycles. The molecule has 0 saturated carbocycles. The minimum Gasteiger partial charge on any atom is -0.389 e. The van der Waals surface area contributed by atoms with E-state index in [0.29, 0.717) is 5.69 Å². The predicted molar refractivity (Wildman–Crippen MR) is 77.3 cm³/mol. The fourth-order valence-corrected chi connectivity index (χ4v) is 1.74. The molecule has 102 valence electrons. The number of hydrogen-bond donors (Lipinski definition) is 3. The Hall–Kier alpha value is -2.54. The number of halogens is 1. The van der Waals surface area contributed by atoms with Crippen molar-refractivity contribution in [3.05, 3.63) is 63.8 Å². The molecule has 0 atom stereocenters. The van der Waals surface area contributed by atoms with E-state index < -0.39 is 17.2 Å². The van der Waals surface area contributed by atoms with Crippen molar-refractivity contribution in [1.82, 2.24) is 4.98 Å². The standard InChI is InChI=1S/C13H10FN3O2S/c14-10-2-1-7(5-8(10)12(15)20)17-13(19)9-6-16-4-3-11(9)18/h1-6H,(H2,15,20)(H,16,18)(H,17,19). The van der Waals surface area contributed by atoms with Crippen LogP contribution in [0.1, 0.15) is 15.9 Å². The summed E-state index contributed by atoms with van der Waals surface area (Å²) in [6.45, 7) is 0.